The van der Waals surface area contributed by atoms with Gasteiger partial charge in [-0.2, -0.15) is 19.9 Å². The van der Waals surface area contributed by atoms with Crippen LogP contribution >= 0.6 is 0 Å². The number of piperidine rings is 2. The first-order valence-corrected chi connectivity index (χ1v) is 22.9. The van der Waals surface area contributed by atoms with E-state index >= 15 is 0 Å². The van der Waals surface area contributed by atoms with E-state index in [1.807, 2.05) is 28.0 Å². The zero-order chi connectivity index (χ0) is 44.6. The summed E-state index contributed by atoms with van der Waals surface area (Å²) in [4.78, 5) is 70.8. The van der Waals surface area contributed by atoms with Gasteiger partial charge in [0.25, 0.3) is 6.43 Å². The lowest BCUT2D eigenvalue weighted by Gasteiger charge is -2.34. The number of aromatic nitrogens is 6. The number of imidazole rings is 1. The van der Waals surface area contributed by atoms with Gasteiger partial charge in [0.05, 0.1) is 29.8 Å². The van der Waals surface area contributed by atoms with E-state index in [-0.39, 0.29) is 53.8 Å². The van der Waals surface area contributed by atoms with Crippen molar-refractivity contribution in [3.05, 3.63) is 81.7 Å². The molecule has 15 nitrogen and oxygen atoms in total. The van der Waals surface area contributed by atoms with Crippen molar-refractivity contribution in [2.75, 3.05) is 36.1 Å². The van der Waals surface area contributed by atoms with Crippen LogP contribution in [-0.2, 0) is 52.2 Å². The average molecular weight is 879 g/mol. The maximum atomic E-state index is 14.7. The SMILES string of the molecule is CC(=O)N1CCc2c(c(N3CCCc4cc(-c5cnn(C)c5)c(C(F)F)cc43)nn2C2CCN(C(=O)CCCCCCCn3c(=O)n(N4C(=O)CCCC4=O)c4ccccc43)CC2)C1. The fourth-order valence-corrected chi connectivity index (χ4v) is 10.2. The van der Waals surface area contributed by atoms with Gasteiger partial charge in [0, 0.05) is 107 Å². The number of halogens is 2. The van der Waals surface area contributed by atoms with Crippen LogP contribution in [0.4, 0.5) is 20.3 Å². The van der Waals surface area contributed by atoms with E-state index in [0.29, 0.717) is 80.7 Å². The molecule has 9 rings (SSSR count). The molecule has 0 saturated carbocycles. The second kappa shape index (κ2) is 18.2. The Kier molecular flexibility index (Phi) is 12.2. The number of anilines is 2. The Morgan fingerprint density at radius 3 is 2.30 bits per heavy atom. The number of rotatable bonds is 13. The molecule has 4 aliphatic heterocycles. The summed E-state index contributed by atoms with van der Waals surface area (Å²) in [5.41, 5.74) is 5.69. The maximum Gasteiger partial charge on any atom is 0.348 e. The minimum atomic E-state index is -2.68. The number of alkyl halides is 2. The van der Waals surface area contributed by atoms with Crippen molar-refractivity contribution in [3.63, 3.8) is 0 Å². The molecule has 0 N–H and O–H groups in total. The van der Waals surface area contributed by atoms with E-state index in [9.17, 15) is 32.8 Å². The van der Waals surface area contributed by atoms with Crippen LogP contribution < -0.4 is 15.6 Å². The summed E-state index contributed by atoms with van der Waals surface area (Å²) in [6, 6.07) is 10.8. The van der Waals surface area contributed by atoms with Crippen molar-refractivity contribution in [1.82, 2.24) is 38.6 Å². The molecule has 2 aromatic carbocycles. The van der Waals surface area contributed by atoms with Crippen LogP contribution in [0.5, 0.6) is 0 Å². The molecule has 2 saturated heterocycles. The van der Waals surface area contributed by atoms with Gasteiger partial charge in [-0.15, -0.1) is 0 Å². The number of imide groups is 1. The number of unbranched alkanes of at least 4 members (excludes halogenated alkanes) is 4. The molecule has 4 amide bonds. The molecule has 64 heavy (non-hydrogen) atoms. The van der Waals surface area contributed by atoms with Crippen LogP contribution in [0, 0.1) is 0 Å². The Morgan fingerprint density at radius 1 is 0.844 bits per heavy atom. The standard InChI is InChI=1S/C47H56F2N10O5/c1-31(60)54-25-20-38-37(30-54)46(55-22-11-12-32-26-35(33-28-50-52(2)29-33)36(45(48)49)27-41(32)55)51-57(38)34-18-23-53(24-19-34)42(61)15-6-4-3-5-9-21-56-39-13-7-8-14-40(39)58(47(56)64)59-43(62)16-10-17-44(59)63/h7-8,13-14,26-29,34,45H,3-6,9-12,15-25,30H2,1-2H3. The highest BCUT2D eigenvalue weighted by molar-refractivity contribution is 6.11. The average Bonchev–Trinajstić information content (AvgIpc) is 3.98. The van der Waals surface area contributed by atoms with Crippen molar-refractivity contribution in [2.45, 2.75) is 122 Å². The summed E-state index contributed by atoms with van der Waals surface area (Å²) in [6.45, 7) is 4.88. The number of aryl methyl sites for hydroxylation is 3. The van der Waals surface area contributed by atoms with Crippen LogP contribution in [0.1, 0.15) is 119 Å². The summed E-state index contributed by atoms with van der Waals surface area (Å²) in [6.07, 6.45) is 10.0. The van der Waals surface area contributed by atoms with Gasteiger partial charge >= 0.3 is 5.69 Å². The van der Waals surface area contributed by atoms with Crippen molar-refractivity contribution >= 4 is 46.2 Å². The molecule has 0 unspecified atom stereocenters. The van der Waals surface area contributed by atoms with E-state index in [1.54, 1.807) is 53.8 Å². The van der Waals surface area contributed by atoms with Crippen molar-refractivity contribution in [3.8, 4) is 11.1 Å². The lowest BCUT2D eigenvalue weighted by Crippen LogP contribution is -2.52. The van der Waals surface area contributed by atoms with E-state index < -0.39 is 6.43 Å². The lowest BCUT2D eigenvalue weighted by molar-refractivity contribution is -0.133. The zero-order valence-corrected chi connectivity index (χ0v) is 36.7. The third-order valence-electron chi connectivity index (χ3n) is 13.6. The molecule has 5 aromatic rings. The monoisotopic (exact) mass is 878 g/mol. The molecule has 2 fully saturated rings. The van der Waals surface area contributed by atoms with E-state index in [1.165, 1.54) is 4.68 Å². The molecule has 17 heteroatoms. The Balaban J connectivity index is 0.814. The van der Waals surface area contributed by atoms with E-state index in [0.717, 1.165) is 91.1 Å². The Bertz CT molecular complexity index is 2640. The van der Waals surface area contributed by atoms with Crippen LogP contribution in [0.3, 0.4) is 0 Å². The lowest BCUT2D eigenvalue weighted by atomic mass is 9.92. The van der Waals surface area contributed by atoms with Crippen molar-refractivity contribution in [2.24, 2.45) is 7.05 Å². The van der Waals surface area contributed by atoms with Crippen LogP contribution in [-0.4, -0.2) is 88.4 Å². The quantitative estimate of drug-likeness (QED) is 0.0939. The van der Waals surface area contributed by atoms with Crippen LogP contribution in [0.15, 0.2) is 53.6 Å². The number of hydrogen-bond donors (Lipinski definition) is 0. The summed E-state index contributed by atoms with van der Waals surface area (Å²) < 4.78 is 36.0. The minimum absolute atomic E-state index is 0.0139. The van der Waals surface area contributed by atoms with Crippen LogP contribution in [0.2, 0.25) is 0 Å². The fourth-order valence-electron chi connectivity index (χ4n) is 10.2. The number of nitrogens with zero attached hydrogens (tertiary/aromatic N) is 10. The second-order valence-corrected chi connectivity index (χ2v) is 17.7. The highest BCUT2D eigenvalue weighted by atomic mass is 19.3. The van der Waals surface area contributed by atoms with Crippen LogP contribution in [0.25, 0.3) is 22.2 Å². The molecule has 4 aliphatic rings. The van der Waals surface area contributed by atoms with Gasteiger partial charge in [-0.3, -0.25) is 33.1 Å². The zero-order valence-electron chi connectivity index (χ0n) is 36.7. The molecule has 0 radical (unpaired) electrons. The number of carbonyl (C=O) groups is 4. The minimum Gasteiger partial charge on any atom is -0.343 e. The number of likely N-dealkylation sites (tertiary alicyclic amines) is 1. The number of amides is 4. The maximum absolute atomic E-state index is 14.7. The second-order valence-electron chi connectivity index (χ2n) is 17.7. The third-order valence-corrected chi connectivity index (χ3v) is 13.6. The number of carbonyl (C=O) groups excluding carboxylic acids is 4. The van der Waals surface area contributed by atoms with Crippen molar-refractivity contribution in [1.29, 1.82) is 0 Å². The molecule has 7 heterocycles. The highest BCUT2D eigenvalue weighted by Crippen LogP contribution is 2.44. The summed E-state index contributed by atoms with van der Waals surface area (Å²) >= 11 is 0. The largest absolute Gasteiger partial charge is 0.348 e. The number of fused-ring (bicyclic) bond motifs is 3. The Hall–Kier alpha value is -6.13. The summed E-state index contributed by atoms with van der Waals surface area (Å²) in [5, 5.41) is 10.5. The molecular weight excluding hydrogens is 823 g/mol. The van der Waals surface area contributed by atoms with Gasteiger partial charge < -0.3 is 14.7 Å². The van der Waals surface area contributed by atoms with E-state index in [2.05, 4.69) is 14.7 Å². The molecule has 0 bridgehead atoms. The number of para-hydroxylation sites is 2. The molecular formula is C47H56F2N10O5. The number of benzene rings is 2. The predicted molar refractivity (Wildman–Crippen MR) is 237 cm³/mol. The van der Waals surface area contributed by atoms with Gasteiger partial charge in [0.2, 0.25) is 23.6 Å². The van der Waals surface area contributed by atoms with Gasteiger partial charge in [0.1, 0.15) is 0 Å². The highest BCUT2D eigenvalue weighted by Gasteiger charge is 2.36. The first-order valence-electron chi connectivity index (χ1n) is 22.9. The van der Waals surface area contributed by atoms with Gasteiger partial charge in [0.15, 0.2) is 5.82 Å². The smallest absolute Gasteiger partial charge is 0.343 e. The number of hydrogen-bond acceptors (Lipinski definition) is 8. The fraction of sp³-hybridized carbons (Fsp3) is 0.511. The third kappa shape index (κ3) is 8.24. The Labute approximate surface area is 370 Å². The molecule has 0 atom stereocenters. The summed E-state index contributed by atoms with van der Waals surface area (Å²) in [7, 11) is 1.77. The molecule has 0 aliphatic carbocycles. The normalized spacial score (nSPS) is 17.2. The molecule has 3 aromatic heterocycles. The summed E-state index contributed by atoms with van der Waals surface area (Å²) in [5.74, 6) is 0.131. The topological polar surface area (TPSA) is 144 Å². The first-order chi connectivity index (χ1) is 31.0. The van der Waals surface area contributed by atoms with Gasteiger partial charge in [-0.1, -0.05) is 31.4 Å². The Morgan fingerprint density at radius 2 is 1.58 bits per heavy atom. The van der Waals surface area contributed by atoms with Gasteiger partial charge in [-0.05, 0) is 80.3 Å². The van der Waals surface area contributed by atoms with E-state index in [4.69, 9.17) is 5.10 Å². The van der Waals surface area contributed by atoms with Crippen molar-refractivity contribution < 1.29 is 28.0 Å². The first kappa shape index (κ1) is 43.1. The molecule has 0 spiro atoms. The molecule has 338 valence electrons. The predicted octanol–water partition coefficient (Wildman–Crippen LogP) is 6.71. The van der Waals surface area contributed by atoms with Gasteiger partial charge in [-0.25, -0.2) is 13.6 Å².